The van der Waals surface area contributed by atoms with Gasteiger partial charge < -0.3 is 10.1 Å². The van der Waals surface area contributed by atoms with Crippen molar-refractivity contribution in [3.8, 4) is 0 Å². The summed E-state index contributed by atoms with van der Waals surface area (Å²) in [7, 11) is 1.26. The van der Waals surface area contributed by atoms with Crippen molar-refractivity contribution in [2.24, 2.45) is 0 Å². The molecule has 20 heavy (non-hydrogen) atoms. The number of nitrogens with zero attached hydrogens (tertiary/aromatic N) is 1. The molecule has 0 saturated carbocycles. The smallest absolute Gasteiger partial charge is 0.356 e. The van der Waals surface area contributed by atoms with E-state index < -0.39 is 17.6 Å². The van der Waals surface area contributed by atoms with Crippen LogP contribution in [0.1, 0.15) is 16.1 Å². The van der Waals surface area contributed by atoms with E-state index in [1.807, 2.05) is 0 Å². The Bertz CT molecular complexity index is 632. The van der Waals surface area contributed by atoms with Crippen molar-refractivity contribution < 1.29 is 18.3 Å². The van der Waals surface area contributed by atoms with Crippen molar-refractivity contribution in [3.05, 3.63) is 59.4 Å². The summed E-state index contributed by atoms with van der Waals surface area (Å²) in [6.45, 7) is 0.0915. The summed E-state index contributed by atoms with van der Waals surface area (Å²) in [6, 6.07) is 6.33. The van der Waals surface area contributed by atoms with Gasteiger partial charge in [0.1, 0.15) is 17.3 Å². The molecule has 0 fully saturated rings. The molecule has 104 valence electrons. The molecule has 2 rings (SSSR count). The molecule has 0 aliphatic heterocycles. The number of hydrogen-bond donors (Lipinski definition) is 1. The van der Waals surface area contributed by atoms with E-state index >= 15 is 0 Å². The number of benzene rings is 1. The Hall–Kier alpha value is -2.50. The third kappa shape index (κ3) is 3.28. The van der Waals surface area contributed by atoms with E-state index in [0.717, 1.165) is 18.2 Å². The lowest BCUT2D eigenvalue weighted by molar-refractivity contribution is 0.0594. The molecule has 1 N–H and O–H groups in total. The lowest BCUT2D eigenvalue weighted by Gasteiger charge is -2.08. The monoisotopic (exact) mass is 278 g/mol. The van der Waals surface area contributed by atoms with E-state index in [1.165, 1.54) is 19.4 Å². The van der Waals surface area contributed by atoms with Crippen LogP contribution in [0.2, 0.25) is 0 Å². The van der Waals surface area contributed by atoms with Crippen LogP contribution in [0.15, 0.2) is 36.5 Å². The van der Waals surface area contributed by atoms with Crippen LogP contribution in [-0.2, 0) is 11.3 Å². The minimum absolute atomic E-state index is 0.0915. The quantitative estimate of drug-likeness (QED) is 0.874. The van der Waals surface area contributed by atoms with Gasteiger partial charge in [-0.2, -0.15) is 0 Å². The van der Waals surface area contributed by atoms with Gasteiger partial charge in [-0.15, -0.1) is 0 Å². The second kappa shape index (κ2) is 6.10. The number of hydrogen-bond acceptors (Lipinski definition) is 4. The summed E-state index contributed by atoms with van der Waals surface area (Å²) < 4.78 is 31.0. The fraction of sp³-hybridized carbons (Fsp3) is 0.143. The molecule has 0 atom stereocenters. The molecule has 0 amide bonds. The van der Waals surface area contributed by atoms with E-state index in [4.69, 9.17) is 0 Å². The standard InChI is InChI=1S/C14H12F2N2O2/c1-20-14(19)13-7-11(4-5-17-13)18-8-9-6-10(15)2-3-12(9)16/h2-7H,8H2,1H3,(H,17,18). The van der Waals surface area contributed by atoms with E-state index in [2.05, 4.69) is 15.0 Å². The third-order valence-electron chi connectivity index (χ3n) is 2.65. The second-order valence-corrected chi connectivity index (χ2v) is 4.01. The minimum Gasteiger partial charge on any atom is -0.464 e. The van der Waals surface area contributed by atoms with Crippen LogP contribution in [0.3, 0.4) is 0 Å². The van der Waals surface area contributed by atoms with Gasteiger partial charge in [0.25, 0.3) is 0 Å². The molecule has 0 aliphatic rings. The summed E-state index contributed by atoms with van der Waals surface area (Å²) >= 11 is 0. The molecule has 4 nitrogen and oxygen atoms in total. The minimum atomic E-state index is -0.564. The van der Waals surface area contributed by atoms with Crippen LogP contribution in [0.4, 0.5) is 14.5 Å². The number of pyridine rings is 1. The van der Waals surface area contributed by atoms with Gasteiger partial charge in [-0.05, 0) is 30.3 Å². The molecule has 0 unspecified atom stereocenters. The number of aromatic nitrogens is 1. The number of esters is 1. The van der Waals surface area contributed by atoms with Crippen LogP contribution in [0.25, 0.3) is 0 Å². The van der Waals surface area contributed by atoms with Gasteiger partial charge in [0.15, 0.2) is 0 Å². The fourth-order valence-corrected chi connectivity index (χ4v) is 1.63. The molecular formula is C14H12F2N2O2. The first-order chi connectivity index (χ1) is 9.60. The highest BCUT2D eigenvalue weighted by molar-refractivity contribution is 5.88. The molecule has 1 heterocycles. The van der Waals surface area contributed by atoms with Gasteiger partial charge in [-0.3, -0.25) is 0 Å². The Kier molecular flexibility index (Phi) is 4.24. The maximum absolute atomic E-state index is 13.4. The van der Waals surface area contributed by atoms with Crippen LogP contribution >= 0.6 is 0 Å². The van der Waals surface area contributed by atoms with Gasteiger partial charge in [0.2, 0.25) is 0 Å². The highest BCUT2D eigenvalue weighted by Gasteiger charge is 2.08. The number of nitrogens with one attached hydrogen (secondary N) is 1. The Morgan fingerprint density at radius 1 is 1.30 bits per heavy atom. The molecule has 0 aliphatic carbocycles. The molecule has 0 spiro atoms. The lowest BCUT2D eigenvalue weighted by atomic mass is 10.2. The summed E-state index contributed by atoms with van der Waals surface area (Å²) in [4.78, 5) is 15.2. The first-order valence-corrected chi connectivity index (χ1v) is 5.82. The maximum atomic E-state index is 13.4. The van der Waals surface area contributed by atoms with E-state index in [9.17, 15) is 13.6 Å². The number of carbonyl (C=O) groups is 1. The van der Waals surface area contributed by atoms with Crippen LogP contribution in [0.5, 0.6) is 0 Å². The molecule has 0 saturated heterocycles. The van der Waals surface area contributed by atoms with Gasteiger partial charge in [0, 0.05) is 24.0 Å². The second-order valence-electron chi connectivity index (χ2n) is 4.01. The highest BCUT2D eigenvalue weighted by atomic mass is 19.1. The zero-order valence-electron chi connectivity index (χ0n) is 10.7. The fourth-order valence-electron chi connectivity index (χ4n) is 1.63. The van der Waals surface area contributed by atoms with Crippen LogP contribution < -0.4 is 5.32 Å². The van der Waals surface area contributed by atoms with Gasteiger partial charge in [0.05, 0.1) is 7.11 Å². The SMILES string of the molecule is COC(=O)c1cc(NCc2cc(F)ccc2F)ccn1. The number of halogens is 2. The average Bonchev–Trinajstić information content (AvgIpc) is 2.47. The van der Waals surface area contributed by atoms with Gasteiger partial charge in [-0.1, -0.05) is 0 Å². The number of anilines is 1. The normalized spacial score (nSPS) is 10.2. The largest absolute Gasteiger partial charge is 0.464 e. The van der Waals surface area contributed by atoms with E-state index in [-0.39, 0.29) is 17.8 Å². The van der Waals surface area contributed by atoms with Gasteiger partial charge >= 0.3 is 5.97 Å². The topological polar surface area (TPSA) is 51.2 Å². The molecule has 0 radical (unpaired) electrons. The average molecular weight is 278 g/mol. The number of methoxy groups -OCH3 is 1. The summed E-state index contributed by atoms with van der Waals surface area (Å²) in [5.41, 5.74) is 0.891. The first-order valence-electron chi connectivity index (χ1n) is 5.82. The number of ether oxygens (including phenoxy) is 1. The predicted molar refractivity (Wildman–Crippen MR) is 69.3 cm³/mol. The number of rotatable bonds is 4. The molecule has 1 aromatic heterocycles. The van der Waals surface area contributed by atoms with E-state index in [0.29, 0.717) is 5.69 Å². The van der Waals surface area contributed by atoms with Gasteiger partial charge in [-0.25, -0.2) is 18.6 Å². The summed E-state index contributed by atoms with van der Waals surface area (Å²) in [6.07, 6.45) is 1.43. The van der Waals surface area contributed by atoms with Crippen molar-refractivity contribution in [2.75, 3.05) is 12.4 Å². The zero-order valence-corrected chi connectivity index (χ0v) is 10.7. The van der Waals surface area contributed by atoms with Crippen molar-refractivity contribution >= 4 is 11.7 Å². The molecule has 6 heteroatoms. The Morgan fingerprint density at radius 3 is 2.85 bits per heavy atom. The Balaban J connectivity index is 2.11. The Morgan fingerprint density at radius 2 is 2.10 bits per heavy atom. The van der Waals surface area contributed by atoms with Crippen molar-refractivity contribution in [2.45, 2.75) is 6.54 Å². The van der Waals surface area contributed by atoms with Crippen LogP contribution in [0, 0.1) is 11.6 Å². The van der Waals surface area contributed by atoms with Crippen molar-refractivity contribution in [3.63, 3.8) is 0 Å². The van der Waals surface area contributed by atoms with Crippen LogP contribution in [-0.4, -0.2) is 18.1 Å². The third-order valence-corrected chi connectivity index (χ3v) is 2.65. The first kappa shape index (κ1) is 13.9. The molecule has 0 bridgehead atoms. The van der Waals surface area contributed by atoms with E-state index in [1.54, 1.807) is 6.07 Å². The summed E-state index contributed by atoms with van der Waals surface area (Å²) in [5, 5.41) is 2.89. The predicted octanol–water partition coefficient (Wildman–Crippen LogP) is 2.76. The highest BCUT2D eigenvalue weighted by Crippen LogP contribution is 2.14. The zero-order chi connectivity index (χ0) is 14.5. The lowest BCUT2D eigenvalue weighted by Crippen LogP contribution is -2.07. The maximum Gasteiger partial charge on any atom is 0.356 e. The summed E-state index contributed by atoms with van der Waals surface area (Å²) in [5.74, 6) is -1.57. The Labute approximate surface area is 114 Å². The number of carbonyl (C=O) groups excluding carboxylic acids is 1. The molecule has 2 aromatic rings. The molecular weight excluding hydrogens is 266 g/mol. The van der Waals surface area contributed by atoms with Crippen molar-refractivity contribution in [1.29, 1.82) is 0 Å². The molecule has 1 aromatic carbocycles. The van der Waals surface area contributed by atoms with Crippen molar-refractivity contribution in [1.82, 2.24) is 4.98 Å².